The van der Waals surface area contributed by atoms with Gasteiger partial charge < -0.3 is 9.90 Å². The molecule has 0 atom stereocenters. The largest absolute Gasteiger partial charge is 0.545 e. The predicted octanol–water partition coefficient (Wildman–Crippen LogP) is 0.598. The van der Waals surface area contributed by atoms with E-state index in [0.717, 1.165) is 12.8 Å². The maximum atomic E-state index is 12.6. The molecule has 0 aromatic heterocycles. The third-order valence-electron chi connectivity index (χ3n) is 4.35. The number of hydrazone groups is 1. The lowest BCUT2D eigenvalue weighted by atomic mass is 10.1. The summed E-state index contributed by atoms with van der Waals surface area (Å²) in [4.78, 5) is 23.4. The molecule has 8 nitrogen and oxygen atoms in total. The standard InChI is InChI=1S/C19H19N3O5S/c23-18(21-20-13-15-6-1-2-9-17(15)19(24)25)14-7-5-8-16(12-14)28(26,27)22-10-3-4-11-22/h1-2,5-9,12-13H,3-4,10-11H2,(H,21,23)(H,24,25)/p-1/b20-13-. The van der Waals surface area contributed by atoms with E-state index >= 15 is 0 Å². The number of aromatic carboxylic acids is 1. The van der Waals surface area contributed by atoms with Crippen LogP contribution in [0.5, 0.6) is 0 Å². The molecule has 0 bridgehead atoms. The Balaban J connectivity index is 1.74. The van der Waals surface area contributed by atoms with Crippen LogP contribution >= 0.6 is 0 Å². The molecule has 9 heteroatoms. The van der Waals surface area contributed by atoms with E-state index in [1.165, 1.54) is 46.9 Å². The minimum Gasteiger partial charge on any atom is -0.545 e. The molecule has 0 aliphatic carbocycles. The first-order valence-electron chi connectivity index (χ1n) is 8.63. The van der Waals surface area contributed by atoms with Crippen molar-refractivity contribution in [2.75, 3.05) is 13.1 Å². The molecule has 28 heavy (non-hydrogen) atoms. The Morgan fingerprint density at radius 3 is 2.50 bits per heavy atom. The number of carbonyl (C=O) groups excluding carboxylic acids is 2. The summed E-state index contributed by atoms with van der Waals surface area (Å²) in [5.41, 5.74) is 2.62. The Bertz CT molecular complexity index is 1030. The first-order chi connectivity index (χ1) is 13.4. The van der Waals surface area contributed by atoms with E-state index in [1.54, 1.807) is 12.1 Å². The number of carboxylic acid groups (broad SMARTS) is 1. The van der Waals surface area contributed by atoms with Gasteiger partial charge in [-0.2, -0.15) is 9.41 Å². The van der Waals surface area contributed by atoms with Gasteiger partial charge in [-0.25, -0.2) is 13.8 Å². The van der Waals surface area contributed by atoms with Gasteiger partial charge in [-0.1, -0.05) is 30.3 Å². The third-order valence-corrected chi connectivity index (χ3v) is 6.24. The topological polar surface area (TPSA) is 119 Å². The number of carbonyl (C=O) groups is 2. The van der Waals surface area contributed by atoms with Gasteiger partial charge in [0, 0.05) is 29.8 Å². The van der Waals surface area contributed by atoms with Crippen LogP contribution in [0.25, 0.3) is 0 Å². The van der Waals surface area contributed by atoms with Crippen molar-refractivity contribution in [2.45, 2.75) is 17.7 Å². The lowest BCUT2D eigenvalue weighted by Gasteiger charge is -2.15. The average molecular weight is 400 g/mol. The number of sulfonamides is 1. The van der Waals surface area contributed by atoms with Crippen LogP contribution in [0.3, 0.4) is 0 Å². The molecule has 0 unspecified atom stereocenters. The number of hydrogen-bond acceptors (Lipinski definition) is 6. The molecule has 1 fully saturated rings. The number of amides is 1. The molecule has 1 heterocycles. The summed E-state index contributed by atoms with van der Waals surface area (Å²) < 4.78 is 26.6. The molecular formula is C19H18N3O5S-. The predicted molar refractivity (Wildman–Crippen MR) is 100 cm³/mol. The van der Waals surface area contributed by atoms with Crippen LogP contribution in [-0.2, 0) is 10.0 Å². The molecule has 1 amide bonds. The summed E-state index contributed by atoms with van der Waals surface area (Å²) in [6.45, 7) is 0.946. The molecule has 1 aliphatic rings. The van der Waals surface area contributed by atoms with Gasteiger partial charge in [0.15, 0.2) is 0 Å². The van der Waals surface area contributed by atoms with Gasteiger partial charge >= 0.3 is 0 Å². The average Bonchev–Trinajstić information content (AvgIpc) is 3.24. The van der Waals surface area contributed by atoms with Crippen LogP contribution in [-0.4, -0.2) is 43.9 Å². The van der Waals surface area contributed by atoms with Crippen molar-refractivity contribution in [2.24, 2.45) is 5.10 Å². The zero-order chi connectivity index (χ0) is 20.1. The van der Waals surface area contributed by atoms with E-state index in [1.807, 2.05) is 0 Å². The Morgan fingerprint density at radius 1 is 1.07 bits per heavy atom. The highest BCUT2D eigenvalue weighted by Crippen LogP contribution is 2.21. The minimum absolute atomic E-state index is 0.0494. The Hall–Kier alpha value is -3.04. The monoisotopic (exact) mass is 400 g/mol. The highest BCUT2D eigenvalue weighted by molar-refractivity contribution is 7.89. The fourth-order valence-corrected chi connectivity index (χ4v) is 4.46. The van der Waals surface area contributed by atoms with Crippen LogP contribution in [0.4, 0.5) is 0 Å². The summed E-state index contributed by atoms with van der Waals surface area (Å²) in [6.07, 6.45) is 2.83. The van der Waals surface area contributed by atoms with Crippen molar-refractivity contribution in [3.05, 3.63) is 65.2 Å². The lowest BCUT2D eigenvalue weighted by Crippen LogP contribution is -2.28. The van der Waals surface area contributed by atoms with E-state index in [4.69, 9.17) is 0 Å². The number of rotatable bonds is 6. The Kier molecular flexibility index (Phi) is 5.86. The number of hydrogen-bond donors (Lipinski definition) is 1. The summed E-state index contributed by atoms with van der Waals surface area (Å²) in [5.74, 6) is -1.96. The first-order valence-corrected chi connectivity index (χ1v) is 10.1. The van der Waals surface area contributed by atoms with Gasteiger partial charge in [-0.05, 0) is 31.0 Å². The zero-order valence-corrected chi connectivity index (χ0v) is 15.7. The normalized spacial score (nSPS) is 15.0. The summed E-state index contributed by atoms with van der Waals surface area (Å²) in [6, 6.07) is 11.8. The van der Waals surface area contributed by atoms with Crippen molar-refractivity contribution in [1.29, 1.82) is 0 Å². The Morgan fingerprint density at radius 2 is 1.79 bits per heavy atom. The summed E-state index contributed by atoms with van der Waals surface area (Å²) in [5, 5.41) is 14.8. The maximum Gasteiger partial charge on any atom is 0.271 e. The lowest BCUT2D eigenvalue weighted by molar-refractivity contribution is -0.255. The zero-order valence-electron chi connectivity index (χ0n) is 14.9. The highest BCUT2D eigenvalue weighted by atomic mass is 32.2. The second-order valence-corrected chi connectivity index (χ2v) is 8.15. The molecule has 146 valence electrons. The molecule has 3 rings (SSSR count). The van der Waals surface area contributed by atoms with Gasteiger partial charge in [0.25, 0.3) is 5.91 Å². The van der Waals surface area contributed by atoms with E-state index in [9.17, 15) is 23.1 Å². The van der Waals surface area contributed by atoms with Gasteiger partial charge in [-0.3, -0.25) is 4.79 Å². The molecule has 0 saturated carbocycles. The van der Waals surface area contributed by atoms with Crippen LogP contribution in [0.1, 0.15) is 39.1 Å². The molecule has 2 aromatic rings. The molecule has 2 aromatic carbocycles. The highest BCUT2D eigenvalue weighted by Gasteiger charge is 2.27. The smallest absolute Gasteiger partial charge is 0.271 e. The van der Waals surface area contributed by atoms with Crippen molar-refractivity contribution >= 4 is 28.1 Å². The molecule has 0 radical (unpaired) electrons. The van der Waals surface area contributed by atoms with Crippen LogP contribution < -0.4 is 10.5 Å². The van der Waals surface area contributed by atoms with Crippen molar-refractivity contribution in [3.63, 3.8) is 0 Å². The number of nitrogens with zero attached hydrogens (tertiary/aromatic N) is 2. The van der Waals surface area contributed by atoms with E-state index in [2.05, 4.69) is 10.5 Å². The molecular weight excluding hydrogens is 382 g/mol. The fraction of sp³-hybridized carbons (Fsp3) is 0.211. The second-order valence-electron chi connectivity index (χ2n) is 6.21. The number of benzene rings is 2. The Labute approximate surface area is 162 Å². The quantitative estimate of drug-likeness (QED) is 0.562. The van der Waals surface area contributed by atoms with Crippen molar-refractivity contribution in [3.8, 4) is 0 Å². The molecule has 0 spiro atoms. The SMILES string of the molecule is O=C(N/N=C\c1ccccc1C(=O)[O-])c1cccc(S(=O)(=O)N2CCCC2)c1. The van der Waals surface area contributed by atoms with E-state index < -0.39 is 21.9 Å². The number of carboxylic acids is 1. The first kappa shape index (κ1) is 19.7. The fourth-order valence-electron chi connectivity index (χ4n) is 2.90. The van der Waals surface area contributed by atoms with Gasteiger partial charge in [0.1, 0.15) is 0 Å². The number of nitrogens with one attached hydrogen (secondary N) is 1. The molecule has 1 saturated heterocycles. The summed E-state index contributed by atoms with van der Waals surface area (Å²) in [7, 11) is -3.63. The molecule has 1 aliphatic heterocycles. The van der Waals surface area contributed by atoms with Gasteiger partial charge in [0.05, 0.1) is 17.1 Å². The molecule has 1 N–H and O–H groups in total. The maximum absolute atomic E-state index is 12.6. The van der Waals surface area contributed by atoms with Crippen molar-refractivity contribution in [1.82, 2.24) is 9.73 Å². The van der Waals surface area contributed by atoms with Gasteiger partial charge in [0.2, 0.25) is 10.0 Å². The van der Waals surface area contributed by atoms with Crippen LogP contribution in [0, 0.1) is 0 Å². The van der Waals surface area contributed by atoms with Crippen LogP contribution in [0.15, 0.2) is 58.5 Å². The minimum atomic E-state index is -3.63. The van der Waals surface area contributed by atoms with E-state index in [-0.39, 0.29) is 21.6 Å². The van der Waals surface area contributed by atoms with Crippen molar-refractivity contribution < 1.29 is 23.1 Å². The summed E-state index contributed by atoms with van der Waals surface area (Å²) >= 11 is 0. The second kappa shape index (κ2) is 8.32. The third kappa shape index (κ3) is 4.26. The van der Waals surface area contributed by atoms with E-state index in [0.29, 0.717) is 13.1 Å². The van der Waals surface area contributed by atoms with Crippen LogP contribution in [0.2, 0.25) is 0 Å². The van der Waals surface area contributed by atoms with Gasteiger partial charge in [-0.15, -0.1) is 0 Å².